The number of fused-ring (bicyclic) bond motifs is 1. The normalized spacial score (nSPS) is 12.3. The summed E-state index contributed by atoms with van der Waals surface area (Å²) < 4.78 is 1.48. The maximum atomic E-state index is 12.5. The zero-order valence-electron chi connectivity index (χ0n) is 11.4. The van der Waals surface area contributed by atoms with Gasteiger partial charge in [0.15, 0.2) is 0 Å². The fourth-order valence-electron chi connectivity index (χ4n) is 2.04. The number of halogens is 1. The number of aromatic nitrogens is 2. The first kappa shape index (κ1) is 14.5. The first-order chi connectivity index (χ1) is 9.54. The number of carbonyl (C=O) groups is 1. The molecule has 5 nitrogen and oxygen atoms in total. The minimum atomic E-state index is -0.406. The van der Waals surface area contributed by atoms with Crippen molar-refractivity contribution in [3.8, 4) is 0 Å². The summed E-state index contributed by atoms with van der Waals surface area (Å²) in [6.45, 7) is 2.03. The van der Waals surface area contributed by atoms with Gasteiger partial charge in [-0.05, 0) is 19.1 Å². The molecule has 6 heteroatoms. The smallest absolute Gasteiger partial charge is 0.261 e. The molecule has 2 rings (SSSR count). The van der Waals surface area contributed by atoms with Crippen LogP contribution in [-0.2, 0) is 11.3 Å². The first-order valence-electron chi connectivity index (χ1n) is 6.38. The van der Waals surface area contributed by atoms with Gasteiger partial charge in [-0.1, -0.05) is 12.1 Å². The van der Waals surface area contributed by atoms with Crippen molar-refractivity contribution in [2.24, 2.45) is 0 Å². The van der Waals surface area contributed by atoms with Crippen LogP contribution in [-0.4, -0.2) is 22.5 Å². The SMILES string of the molecule is CNC(=O)CCn1c(C(C)Cl)nc2ccccc2c1=O. The molecule has 0 fully saturated rings. The molecule has 1 N–H and O–H groups in total. The van der Waals surface area contributed by atoms with Gasteiger partial charge in [-0.3, -0.25) is 14.2 Å². The summed E-state index contributed by atoms with van der Waals surface area (Å²) in [5.41, 5.74) is 0.457. The summed E-state index contributed by atoms with van der Waals surface area (Å²) in [4.78, 5) is 28.3. The lowest BCUT2D eigenvalue weighted by Crippen LogP contribution is -2.28. The molecule has 0 aliphatic rings. The second-order valence-electron chi connectivity index (χ2n) is 4.48. The molecule has 20 heavy (non-hydrogen) atoms. The zero-order chi connectivity index (χ0) is 14.7. The number of nitrogens with one attached hydrogen (secondary N) is 1. The van der Waals surface area contributed by atoms with Crippen LogP contribution in [0.2, 0.25) is 0 Å². The lowest BCUT2D eigenvalue weighted by molar-refractivity contribution is -0.120. The van der Waals surface area contributed by atoms with Gasteiger partial charge in [0.2, 0.25) is 5.91 Å². The molecule has 1 atom stereocenters. The van der Waals surface area contributed by atoms with E-state index in [1.54, 1.807) is 32.2 Å². The van der Waals surface area contributed by atoms with Gasteiger partial charge in [0, 0.05) is 20.0 Å². The number of amides is 1. The Morgan fingerprint density at radius 2 is 2.15 bits per heavy atom. The number of para-hydroxylation sites is 1. The van der Waals surface area contributed by atoms with E-state index >= 15 is 0 Å². The molecule has 0 aliphatic carbocycles. The molecule has 1 heterocycles. The van der Waals surface area contributed by atoms with Crippen LogP contribution in [0, 0.1) is 0 Å². The Morgan fingerprint density at radius 1 is 1.45 bits per heavy atom. The minimum absolute atomic E-state index is 0.127. The van der Waals surface area contributed by atoms with Crippen LogP contribution in [0.5, 0.6) is 0 Å². The van der Waals surface area contributed by atoms with Crippen LogP contribution >= 0.6 is 11.6 Å². The number of rotatable bonds is 4. The third kappa shape index (κ3) is 2.82. The number of nitrogens with zero attached hydrogens (tertiary/aromatic N) is 2. The van der Waals surface area contributed by atoms with Crippen molar-refractivity contribution in [1.82, 2.24) is 14.9 Å². The molecule has 0 aliphatic heterocycles. The van der Waals surface area contributed by atoms with Gasteiger partial charge in [-0.2, -0.15) is 0 Å². The van der Waals surface area contributed by atoms with Gasteiger partial charge >= 0.3 is 0 Å². The summed E-state index contributed by atoms with van der Waals surface area (Å²) in [7, 11) is 1.56. The minimum Gasteiger partial charge on any atom is -0.359 e. The monoisotopic (exact) mass is 293 g/mol. The largest absolute Gasteiger partial charge is 0.359 e. The molecule has 1 unspecified atom stereocenters. The van der Waals surface area contributed by atoms with Crippen LogP contribution in [0.1, 0.15) is 24.5 Å². The summed E-state index contributed by atoms with van der Waals surface area (Å²) in [6, 6.07) is 7.12. The topological polar surface area (TPSA) is 64.0 Å². The molecule has 106 valence electrons. The maximum absolute atomic E-state index is 12.5. The van der Waals surface area contributed by atoms with Crippen molar-refractivity contribution in [3.63, 3.8) is 0 Å². The number of hydrogen-bond acceptors (Lipinski definition) is 3. The Hall–Kier alpha value is -1.88. The van der Waals surface area contributed by atoms with Gasteiger partial charge in [0.1, 0.15) is 5.82 Å². The summed E-state index contributed by atoms with van der Waals surface area (Å²) in [6.07, 6.45) is 0.215. The molecular weight excluding hydrogens is 278 g/mol. The molecule has 1 amide bonds. The second-order valence-corrected chi connectivity index (χ2v) is 5.14. The van der Waals surface area contributed by atoms with E-state index in [0.29, 0.717) is 16.7 Å². The van der Waals surface area contributed by atoms with Crippen molar-refractivity contribution >= 4 is 28.4 Å². The molecule has 1 aromatic carbocycles. The van der Waals surface area contributed by atoms with Gasteiger partial charge in [0.25, 0.3) is 5.56 Å². The van der Waals surface area contributed by atoms with E-state index in [9.17, 15) is 9.59 Å². The van der Waals surface area contributed by atoms with E-state index in [-0.39, 0.29) is 24.4 Å². The molecule has 0 saturated carbocycles. The highest BCUT2D eigenvalue weighted by atomic mass is 35.5. The Labute approximate surface area is 121 Å². The first-order valence-corrected chi connectivity index (χ1v) is 6.82. The Morgan fingerprint density at radius 3 is 2.80 bits per heavy atom. The van der Waals surface area contributed by atoms with Gasteiger partial charge in [-0.25, -0.2) is 4.98 Å². The van der Waals surface area contributed by atoms with Gasteiger partial charge in [0.05, 0.1) is 16.3 Å². The van der Waals surface area contributed by atoms with Gasteiger partial charge in [-0.15, -0.1) is 11.6 Å². The lowest BCUT2D eigenvalue weighted by atomic mass is 10.2. The van der Waals surface area contributed by atoms with Crippen molar-refractivity contribution in [2.45, 2.75) is 25.3 Å². The van der Waals surface area contributed by atoms with E-state index in [0.717, 1.165) is 0 Å². The zero-order valence-corrected chi connectivity index (χ0v) is 12.1. The predicted octanol–water partition coefficient (Wildman–Crippen LogP) is 1.83. The van der Waals surface area contributed by atoms with Crippen molar-refractivity contribution in [2.75, 3.05) is 7.05 Å². The Balaban J connectivity index is 2.55. The van der Waals surface area contributed by atoms with E-state index in [1.165, 1.54) is 4.57 Å². The number of carbonyl (C=O) groups excluding carboxylic acids is 1. The van der Waals surface area contributed by atoms with Gasteiger partial charge < -0.3 is 5.32 Å². The summed E-state index contributed by atoms with van der Waals surface area (Å²) >= 11 is 6.11. The summed E-state index contributed by atoms with van der Waals surface area (Å²) in [5, 5.41) is 2.66. The van der Waals surface area contributed by atoms with Crippen molar-refractivity contribution in [3.05, 3.63) is 40.4 Å². The lowest BCUT2D eigenvalue weighted by Gasteiger charge is -2.14. The highest BCUT2D eigenvalue weighted by Crippen LogP contribution is 2.18. The highest BCUT2D eigenvalue weighted by Gasteiger charge is 2.15. The Bertz CT molecular complexity index is 694. The van der Waals surface area contributed by atoms with E-state index in [1.807, 2.05) is 6.07 Å². The number of alkyl halides is 1. The summed E-state index contributed by atoms with van der Waals surface area (Å²) in [5.74, 6) is 0.359. The third-order valence-electron chi connectivity index (χ3n) is 3.09. The molecule has 0 bridgehead atoms. The average Bonchev–Trinajstić information content (AvgIpc) is 2.45. The van der Waals surface area contributed by atoms with Crippen LogP contribution in [0.3, 0.4) is 0 Å². The molecule has 2 aromatic rings. The van der Waals surface area contributed by atoms with E-state index in [4.69, 9.17) is 11.6 Å². The average molecular weight is 294 g/mol. The van der Waals surface area contributed by atoms with Crippen molar-refractivity contribution in [1.29, 1.82) is 0 Å². The molecular formula is C14H16ClN3O2. The van der Waals surface area contributed by atoms with E-state index in [2.05, 4.69) is 10.3 Å². The third-order valence-corrected chi connectivity index (χ3v) is 3.28. The van der Waals surface area contributed by atoms with Crippen LogP contribution in [0.25, 0.3) is 10.9 Å². The second kappa shape index (κ2) is 6.05. The standard InChI is InChI=1S/C14H16ClN3O2/c1-9(15)13-17-11-6-4-3-5-10(11)14(20)18(13)8-7-12(19)16-2/h3-6,9H,7-8H2,1-2H3,(H,16,19). The highest BCUT2D eigenvalue weighted by molar-refractivity contribution is 6.20. The number of hydrogen-bond donors (Lipinski definition) is 1. The van der Waals surface area contributed by atoms with Crippen molar-refractivity contribution < 1.29 is 4.79 Å². The molecule has 0 radical (unpaired) electrons. The molecule has 0 saturated heterocycles. The maximum Gasteiger partial charge on any atom is 0.261 e. The fourth-order valence-corrected chi connectivity index (χ4v) is 2.21. The Kier molecular flexibility index (Phi) is 4.39. The number of benzene rings is 1. The molecule has 0 spiro atoms. The van der Waals surface area contributed by atoms with Crippen LogP contribution in [0.4, 0.5) is 0 Å². The predicted molar refractivity (Wildman–Crippen MR) is 79.0 cm³/mol. The van der Waals surface area contributed by atoms with E-state index < -0.39 is 5.38 Å². The van der Waals surface area contributed by atoms with Crippen LogP contribution < -0.4 is 10.9 Å². The quantitative estimate of drug-likeness (QED) is 0.875. The van der Waals surface area contributed by atoms with Crippen LogP contribution in [0.15, 0.2) is 29.1 Å². The molecule has 1 aromatic heterocycles. The fraction of sp³-hybridized carbons (Fsp3) is 0.357.